The lowest BCUT2D eigenvalue weighted by molar-refractivity contribution is 0.0488. The van der Waals surface area contributed by atoms with Crippen molar-refractivity contribution in [3.63, 3.8) is 0 Å². The monoisotopic (exact) mass is 338 g/mol. The standard InChI is InChI=1S/C15H16ClFN4O2/c1-9-18-14(23-19-9)12-8-21(7-6-20(12)2)15(22)10-4-3-5-11(17)13(10)16/h3-5,12H,6-8H2,1-2H3. The number of hydrogen-bond donors (Lipinski definition) is 0. The van der Waals surface area contributed by atoms with E-state index in [4.69, 9.17) is 16.1 Å². The molecule has 122 valence electrons. The number of rotatable bonds is 2. The largest absolute Gasteiger partial charge is 0.338 e. The van der Waals surface area contributed by atoms with Gasteiger partial charge in [-0.15, -0.1) is 0 Å². The van der Waals surface area contributed by atoms with Crippen molar-refractivity contribution in [2.24, 2.45) is 0 Å². The van der Waals surface area contributed by atoms with Crippen LogP contribution in [0.25, 0.3) is 0 Å². The van der Waals surface area contributed by atoms with E-state index >= 15 is 0 Å². The fourth-order valence-electron chi connectivity index (χ4n) is 2.61. The summed E-state index contributed by atoms with van der Waals surface area (Å²) in [7, 11) is 1.93. The Bertz CT molecular complexity index is 736. The van der Waals surface area contributed by atoms with Crippen molar-refractivity contribution >= 4 is 17.5 Å². The average Bonchev–Trinajstić information content (AvgIpc) is 2.96. The lowest BCUT2D eigenvalue weighted by Gasteiger charge is -2.37. The van der Waals surface area contributed by atoms with Crippen LogP contribution in [0.3, 0.4) is 0 Å². The molecule has 1 atom stereocenters. The molecule has 0 radical (unpaired) electrons. The number of amides is 1. The quantitative estimate of drug-likeness (QED) is 0.840. The zero-order chi connectivity index (χ0) is 16.6. The van der Waals surface area contributed by atoms with E-state index in [9.17, 15) is 9.18 Å². The van der Waals surface area contributed by atoms with Crippen LogP contribution in [0.4, 0.5) is 4.39 Å². The Morgan fingerprint density at radius 2 is 2.22 bits per heavy atom. The van der Waals surface area contributed by atoms with Gasteiger partial charge in [0.15, 0.2) is 5.82 Å². The Labute approximate surface area is 137 Å². The summed E-state index contributed by atoms with van der Waals surface area (Å²) in [5, 5.41) is 3.64. The second kappa shape index (κ2) is 6.25. The van der Waals surface area contributed by atoms with Crippen LogP contribution in [0.15, 0.2) is 22.7 Å². The Kier molecular flexibility index (Phi) is 4.32. The fourth-order valence-corrected chi connectivity index (χ4v) is 2.82. The molecule has 8 heteroatoms. The van der Waals surface area contributed by atoms with E-state index in [2.05, 4.69) is 10.1 Å². The Morgan fingerprint density at radius 3 is 2.91 bits per heavy atom. The second-order valence-electron chi connectivity index (χ2n) is 5.53. The zero-order valence-corrected chi connectivity index (χ0v) is 13.5. The molecule has 1 unspecified atom stereocenters. The normalized spacial score (nSPS) is 19.1. The van der Waals surface area contributed by atoms with E-state index in [0.29, 0.717) is 31.3 Å². The summed E-state index contributed by atoms with van der Waals surface area (Å²) >= 11 is 5.92. The summed E-state index contributed by atoms with van der Waals surface area (Å²) in [6.07, 6.45) is 0. The molecule has 6 nitrogen and oxygen atoms in total. The van der Waals surface area contributed by atoms with Gasteiger partial charge in [0, 0.05) is 19.6 Å². The number of likely N-dealkylation sites (N-methyl/N-ethyl adjacent to an activating group) is 1. The van der Waals surface area contributed by atoms with Crippen LogP contribution < -0.4 is 0 Å². The predicted molar refractivity (Wildman–Crippen MR) is 81.7 cm³/mol. The topological polar surface area (TPSA) is 62.5 Å². The van der Waals surface area contributed by atoms with Crippen molar-refractivity contribution < 1.29 is 13.7 Å². The van der Waals surface area contributed by atoms with Gasteiger partial charge in [-0.05, 0) is 26.1 Å². The van der Waals surface area contributed by atoms with Crippen LogP contribution in [0.5, 0.6) is 0 Å². The molecule has 3 rings (SSSR count). The zero-order valence-electron chi connectivity index (χ0n) is 12.8. The summed E-state index contributed by atoms with van der Waals surface area (Å²) in [6.45, 7) is 3.28. The van der Waals surface area contributed by atoms with Crippen LogP contribution in [0.1, 0.15) is 28.1 Å². The molecular formula is C15H16ClFN4O2. The van der Waals surface area contributed by atoms with Crippen LogP contribution >= 0.6 is 11.6 Å². The smallest absolute Gasteiger partial charge is 0.255 e. The Balaban J connectivity index is 1.83. The van der Waals surface area contributed by atoms with Gasteiger partial charge in [-0.2, -0.15) is 4.98 Å². The number of carbonyl (C=O) groups excluding carboxylic acids is 1. The van der Waals surface area contributed by atoms with Gasteiger partial charge < -0.3 is 9.42 Å². The molecular weight excluding hydrogens is 323 g/mol. The number of hydrogen-bond acceptors (Lipinski definition) is 5. The fraction of sp³-hybridized carbons (Fsp3) is 0.400. The maximum Gasteiger partial charge on any atom is 0.255 e. The summed E-state index contributed by atoms with van der Waals surface area (Å²) in [6, 6.07) is 4.04. The first-order valence-corrected chi connectivity index (χ1v) is 7.59. The number of aromatic nitrogens is 2. The summed E-state index contributed by atoms with van der Waals surface area (Å²) < 4.78 is 18.8. The Morgan fingerprint density at radius 1 is 1.43 bits per heavy atom. The maximum atomic E-state index is 13.6. The highest BCUT2D eigenvalue weighted by atomic mass is 35.5. The molecule has 0 spiro atoms. The molecule has 0 aliphatic carbocycles. The highest BCUT2D eigenvalue weighted by Crippen LogP contribution is 2.26. The first-order chi connectivity index (χ1) is 11.0. The van der Waals surface area contributed by atoms with Gasteiger partial charge in [0.1, 0.15) is 11.9 Å². The highest BCUT2D eigenvalue weighted by Gasteiger charge is 2.33. The van der Waals surface area contributed by atoms with Crippen molar-refractivity contribution in [2.45, 2.75) is 13.0 Å². The molecule has 23 heavy (non-hydrogen) atoms. The third kappa shape index (κ3) is 3.07. The van der Waals surface area contributed by atoms with Gasteiger partial charge in [0.05, 0.1) is 10.6 Å². The van der Waals surface area contributed by atoms with Crippen LogP contribution in [0.2, 0.25) is 5.02 Å². The molecule has 1 fully saturated rings. The minimum Gasteiger partial charge on any atom is -0.338 e. The van der Waals surface area contributed by atoms with E-state index in [1.807, 2.05) is 11.9 Å². The Hall–Kier alpha value is -1.99. The van der Waals surface area contributed by atoms with Crippen LogP contribution in [-0.4, -0.2) is 52.5 Å². The third-order valence-electron chi connectivity index (χ3n) is 3.95. The molecule has 2 heterocycles. The molecule has 0 N–H and O–H groups in total. The van der Waals surface area contributed by atoms with Gasteiger partial charge >= 0.3 is 0 Å². The molecule has 2 aromatic rings. The number of halogens is 2. The molecule has 1 aromatic carbocycles. The minimum absolute atomic E-state index is 0.151. The number of carbonyl (C=O) groups is 1. The molecule has 0 bridgehead atoms. The van der Waals surface area contributed by atoms with Crippen molar-refractivity contribution in [3.8, 4) is 0 Å². The highest BCUT2D eigenvalue weighted by molar-refractivity contribution is 6.34. The molecule has 1 aliphatic rings. The lowest BCUT2D eigenvalue weighted by atomic mass is 10.1. The van der Waals surface area contributed by atoms with E-state index in [-0.39, 0.29) is 22.5 Å². The lowest BCUT2D eigenvalue weighted by Crippen LogP contribution is -2.49. The number of piperazine rings is 1. The molecule has 1 amide bonds. The van der Waals surface area contributed by atoms with Crippen LogP contribution in [0, 0.1) is 12.7 Å². The molecule has 0 saturated carbocycles. The van der Waals surface area contributed by atoms with Crippen molar-refractivity contribution in [1.29, 1.82) is 0 Å². The molecule has 1 saturated heterocycles. The first-order valence-electron chi connectivity index (χ1n) is 7.21. The third-order valence-corrected chi connectivity index (χ3v) is 4.33. The van der Waals surface area contributed by atoms with Crippen molar-refractivity contribution in [2.75, 3.05) is 26.7 Å². The second-order valence-corrected chi connectivity index (χ2v) is 5.91. The van der Waals surface area contributed by atoms with Gasteiger partial charge in [0.25, 0.3) is 5.91 Å². The minimum atomic E-state index is -0.601. The van der Waals surface area contributed by atoms with E-state index in [1.54, 1.807) is 11.8 Å². The van der Waals surface area contributed by atoms with Crippen molar-refractivity contribution in [3.05, 3.63) is 46.3 Å². The first kappa shape index (κ1) is 15.9. The number of nitrogens with zero attached hydrogens (tertiary/aromatic N) is 4. The molecule has 1 aliphatic heterocycles. The van der Waals surface area contributed by atoms with Gasteiger partial charge in [-0.3, -0.25) is 9.69 Å². The summed E-state index contributed by atoms with van der Waals surface area (Å²) in [5.74, 6) is 0.109. The number of aryl methyl sites for hydroxylation is 1. The number of benzene rings is 1. The van der Waals surface area contributed by atoms with Crippen LogP contribution in [-0.2, 0) is 0 Å². The summed E-state index contributed by atoms with van der Waals surface area (Å²) in [5.41, 5.74) is 0.164. The van der Waals surface area contributed by atoms with E-state index < -0.39 is 5.82 Å². The average molecular weight is 339 g/mol. The summed E-state index contributed by atoms with van der Waals surface area (Å²) in [4.78, 5) is 20.6. The maximum absolute atomic E-state index is 13.6. The van der Waals surface area contributed by atoms with Gasteiger partial charge in [0.2, 0.25) is 5.89 Å². The SMILES string of the molecule is Cc1noc(C2CN(C(=O)c3cccc(F)c3Cl)CCN2C)n1. The predicted octanol–water partition coefficient (Wildman–Crippen LogP) is 2.30. The van der Waals surface area contributed by atoms with E-state index in [1.165, 1.54) is 18.2 Å². The van der Waals surface area contributed by atoms with Gasteiger partial charge in [-0.1, -0.05) is 22.8 Å². The van der Waals surface area contributed by atoms with E-state index in [0.717, 1.165) is 0 Å². The van der Waals surface area contributed by atoms with Crippen molar-refractivity contribution in [1.82, 2.24) is 19.9 Å². The molecule has 1 aromatic heterocycles. The van der Waals surface area contributed by atoms with Gasteiger partial charge in [-0.25, -0.2) is 4.39 Å².